The summed E-state index contributed by atoms with van der Waals surface area (Å²) in [5.41, 5.74) is 1.16. The number of esters is 1. The van der Waals surface area contributed by atoms with Crippen LogP contribution in [0.1, 0.15) is 79.4 Å². The van der Waals surface area contributed by atoms with Crippen molar-refractivity contribution in [3.05, 3.63) is 53.6 Å². The number of carbonyl (C=O) groups is 1. The summed E-state index contributed by atoms with van der Waals surface area (Å²) in [5, 5.41) is 0. The zero-order valence-electron chi connectivity index (χ0n) is 25.1. The molecule has 2 aliphatic rings. The number of rotatable bonds is 7. The fraction of sp³-hybridized carbons (Fsp3) is 0.581. The van der Waals surface area contributed by atoms with E-state index in [1.807, 2.05) is 90.9 Å². The number of hydrogen-bond acceptors (Lipinski definition) is 7. The van der Waals surface area contributed by atoms with Gasteiger partial charge >= 0.3 is 13.1 Å². The molecule has 1 unspecified atom stereocenters. The highest BCUT2D eigenvalue weighted by atomic mass is 16.7. The van der Waals surface area contributed by atoms with Crippen molar-refractivity contribution in [2.24, 2.45) is 0 Å². The quantitative estimate of drug-likeness (QED) is 0.332. The lowest BCUT2D eigenvalue weighted by Crippen LogP contribution is -2.41. The SMILES string of the molecule is CC1CCCO1.COc1cc(COc2ccccc2CC(=O)OC(C)(C)C)cc(B2OC(C)(C)C(C)(C)O2)c1. The summed E-state index contributed by atoms with van der Waals surface area (Å²) in [6.07, 6.45) is 3.22. The number of benzene rings is 2. The van der Waals surface area contributed by atoms with Crippen molar-refractivity contribution in [3.8, 4) is 11.5 Å². The van der Waals surface area contributed by atoms with Crippen molar-refractivity contribution in [1.82, 2.24) is 0 Å². The lowest BCUT2D eigenvalue weighted by atomic mass is 9.78. The molecule has 0 saturated carbocycles. The highest BCUT2D eigenvalue weighted by Gasteiger charge is 2.51. The van der Waals surface area contributed by atoms with Crippen LogP contribution in [0.2, 0.25) is 0 Å². The molecule has 39 heavy (non-hydrogen) atoms. The molecule has 2 heterocycles. The van der Waals surface area contributed by atoms with Gasteiger partial charge < -0.3 is 28.3 Å². The first-order chi connectivity index (χ1) is 18.2. The molecule has 0 radical (unpaired) electrons. The molecule has 7 nitrogen and oxygen atoms in total. The average Bonchev–Trinajstić information content (AvgIpc) is 3.40. The Labute approximate surface area is 234 Å². The standard InChI is InChI=1S/C26H35BO6.C5H10O/c1-24(2,3)31-23(28)15-19-11-9-10-12-22(19)30-17-18-13-20(16-21(14-18)29-8)27-32-25(4,5)26(6,7)33-27;1-5-3-2-4-6-5/h9-14,16H,15,17H2,1-8H3;5H,2-4H2,1H3. The number of para-hydroxylation sites is 1. The van der Waals surface area contributed by atoms with Gasteiger partial charge in [0.05, 0.1) is 30.8 Å². The second kappa shape index (κ2) is 12.8. The Balaban J connectivity index is 0.000000617. The van der Waals surface area contributed by atoms with Crippen LogP contribution in [-0.2, 0) is 36.6 Å². The topological polar surface area (TPSA) is 72.5 Å². The van der Waals surface area contributed by atoms with E-state index in [-0.39, 0.29) is 12.4 Å². The number of ether oxygens (including phenoxy) is 4. The van der Waals surface area contributed by atoms with Crippen molar-refractivity contribution in [2.75, 3.05) is 13.7 Å². The Kier molecular flexibility index (Phi) is 10.1. The van der Waals surface area contributed by atoms with Gasteiger partial charge in [0.2, 0.25) is 0 Å². The molecule has 2 saturated heterocycles. The second-order valence-electron chi connectivity index (χ2n) is 12.2. The van der Waals surface area contributed by atoms with E-state index in [2.05, 4.69) is 6.92 Å². The molecule has 2 aliphatic heterocycles. The van der Waals surface area contributed by atoms with Crippen LogP contribution in [0.4, 0.5) is 0 Å². The first-order valence-electron chi connectivity index (χ1n) is 13.8. The fourth-order valence-electron chi connectivity index (χ4n) is 4.23. The predicted molar refractivity (Wildman–Crippen MR) is 154 cm³/mol. The van der Waals surface area contributed by atoms with Crippen molar-refractivity contribution < 1.29 is 33.1 Å². The largest absolute Gasteiger partial charge is 0.497 e. The minimum Gasteiger partial charge on any atom is -0.497 e. The molecule has 8 heteroatoms. The first-order valence-corrected chi connectivity index (χ1v) is 13.8. The average molecular weight is 541 g/mol. The lowest BCUT2D eigenvalue weighted by Gasteiger charge is -2.32. The Morgan fingerprint density at radius 1 is 1.05 bits per heavy atom. The summed E-state index contributed by atoms with van der Waals surface area (Å²) in [4.78, 5) is 12.3. The monoisotopic (exact) mass is 540 g/mol. The molecule has 2 aromatic rings. The number of carbonyl (C=O) groups excluding carboxylic acids is 1. The molecule has 2 fully saturated rings. The molecular formula is C31H45BO7. The van der Waals surface area contributed by atoms with Crippen LogP contribution in [0, 0.1) is 0 Å². The third-order valence-corrected chi connectivity index (χ3v) is 7.03. The van der Waals surface area contributed by atoms with Gasteiger partial charge in [-0.1, -0.05) is 24.3 Å². The fourth-order valence-corrected chi connectivity index (χ4v) is 4.23. The van der Waals surface area contributed by atoms with E-state index in [9.17, 15) is 4.79 Å². The minimum absolute atomic E-state index is 0.144. The molecule has 0 aliphatic carbocycles. The van der Waals surface area contributed by atoms with E-state index in [1.54, 1.807) is 7.11 Å². The molecule has 0 bridgehead atoms. The zero-order chi connectivity index (χ0) is 28.8. The molecule has 214 valence electrons. The number of methoxy groups -OCH3 is 1. The van der Waals surface area contributed by atoms with Gasteiger partial charge in [0.15, 0.2) is 0 Å². The predicted octanol–water partition coefficient (Wildman–Crippen LogP) is 5.64. The summed E-state index contributed by atoms with van der Waals surface area (Å²) in [7, 11) is 1.13. The van der Waals surface area contributed by atoms with Crippen LogP contribution < -0.4 is 14.9 Å². The zero-order valence-corrected chi connectivity index (χ0v) is 25.1. The van der Waals surface area contributed by atoms with Gasteiger partial charge in [0, 0.05) is 12.2 Å². The van der Waals surface area contributed by atoms with Crippen molar-refractivity contribution in [1.29, 1.82) is 0 Å². The van der Waals surface area contributed by atoms with Gasteiger partial charge in [-0.3, -0.25) is 4.79 Å². The van der Waals surface area contributed by atoms with E-state index in [0.29, 0.717) is 24.2 Å². The summed E-state index contributed by atoms with van der Waals surface area (Å²) in [5.74, 6) is 1.05. The van der Waals surface area contributed by atoms with E-state index >= 15 is 0 Å². The van der Waals surface area contributed by atoms with Gasteiger partial charge in [-0.25, -0.2) is 0 Å². The normalized spacial score (nSPS) is 19.7. The maximum atomic E-state index is 12.3. The van der Waals surface area contributed by atoms with Crippen molar-refractivity contribution in [2.45, 2.75) is 104 Å². The van der Waals surface area contributed by atoms with E-state index in [0.717, 1.165) is 23.2 Å². The van der Waals surface area contributed by atoms with E-state index in [4.69, 9.17) is 28.3 Å². The van der Waals surface area contributed by atoms with Crippen LogP contribution in [0.25, 0.3) is 0 Å². The molecule has 0 amide bonds. The van der Waals surface area contributed by atoms with Gasteiger partial charge in [-0.05, 0) is 97.5 Å². The lowest BCUT2D eigenvalue weighted by molar-refractivity contribution is -0.153. The second-order valence-corrected chi connectivity index (χ2v) is 12.2. The molecule has 0 N–H and O–H groups in total. The van der Waals surface area contributed by atoms with Crippen LogP contribution in [0.15, 0.2) is 42.5 Å². The number of hydrogen-bond donors (Lipinski definition) is 0. The first kappa shape index (κ1) is 31.0. The Morgan fingerprint density at radius 2 is 1.72 bits per heavy atom. The van der Waals surface area contributed by atoms with Crippen LogP contribution in [0.3, 0.4) is 0 Å². The van der Waals surface area contributed by atoms with Gasteiger partial charge in [0.1, 0.15) is 23.7 Å². The maximum Gasteiger partial charge on any atom is 0.494 e. The summed E-state index contributed by atoms with van der Waals surface area (Å²) >= 11 is 0. The van der Waals surface area contributed by atoms with Gasteiger partial charge in [0.25, 0.3) is 0 Å². The third-order valence-electron chi connectivity index (χ3n) is 7.03. The summed E-state index contributed by atoms with van der Waals surface area (Å²) in [6, 6.07) is 13.3. The van der Waals surface area contributed by atoms with Crippen LogP contribution >= 0.6 is 0 Å². The van der Waals surface area contributed by atoms with E-state index in [1.165, 1.54) is 12.8 Å². The molecule has 1 atom stereocenters. The van der Waals surface area contributed by atoms with Crippen LogP contribution in [-0.4, -0.2) is 49.7 Å². The Morgan fingerprint density at radius 3 is 2.26 bits per heavy atom. The highest BCUT2D eigenvalue weighted by Crippen LogP contribution is 2.36. The molecule has 0 aromatic heterocycles. The van der Waals surface area contributed by atoms with Gasteiger partial charge in [-0.15, -0.1) is 0 Å². The smallest absolute Gasteiger partial charge is 0.494 e. The summed E-state index contributed by atoms with van der Waals surface area (Å²) < 4.78 is 34.6. The molecule has 0 spiro atoms. The molecular weight excluding hydrogens is 495 g/mol. The Bertz CT molecular complexity index is 1080. The Hall–Kier alpha value is -2.55. The van der Waals surface area contributed by atoms with Crippen molar-refractivity contribution in [3.63, 3.8) is 0 Å². The van der Waals surface area contributed by atoms with Gasteiger partial charge in [-0.2, -0.15) is 0 Å². The molecule has 4 rings (SSSR count). The molecule has 2 aromatic carbocycles. The van der Waals surface area contributed by atoms with E-state index < -0.39 is 23.9 Å². The maximum absolute atomic E-state index is 12.3. The minimum atomic E-state index is -0.530. The highest BCUT2D eigenvalue weighted by molar-refractivity contribution is 6.62. The summed E-state index contributed by atoms with van der Waals surface area (Å²) in [6.45, 7) is 17.1. The third kappa shape index (κ3) is 8.99. The van der Waals surface area contributed by atoms with Crippen molar-refractivity contribution >= 4 is 18.6 Å². The van der Waals surface area contributed by atoms with Crippen LogP contribution in [0.5, 0.6) is 11.5 Å².